The summed E-state index contributed by atoms with van der Waals surface area (Å²) in [5, 5.41) is 17.6. The molecule has 0 radical (unpaired) electrons. The van der Waals surface area contributed by atoms with E-state index in [0.717, 1.165) is 17.6 Å². The monoisotopic (exact) mass is 454 g/mol. The van der Waals surface area contributed by atoms with Crippen LogP contribution in [0.15, 0.2) is 59.9 Å². The Morgan fingerprint density at radius 3 is 2.50 bits per heavy atom. The number of benzene rings is 2. The highest BCUT2D eigenvalue weighted by Gasteiger charge is 2.13. The van der Waals surface area contributed by atoms with Crippen LogP contribution in [0.3, 0.4) is 0 Å². The van der Waals surface area contributed by atoms with Crippen LogP contribution in [-0.4, -0.2) is 33.6 Å². The molecule has 2 aromatic heterocycles. The summed E-state index contributed by atoms with van der Waals surface area (Å²) in [6.07, 6.45) is 3.05. The van der Waals surface area contributed by atoms with Crippen molar-refractivity contribution >= 4 is 33.2 Å². The maximum atomic E-state index is 14.3. The Labute approximate surface area is 183 Å². The molecule has 0 amide bonds. The van der Waals surface area contributed by atoms with Gasteiger partial charge in [0.15, 0.2) is 11.6 Å². The van der Waals surface area contributed by atoms with Crippen molar-refractivity contribution < 1.29 is 12.8 Å². The maximum absolute atomic E-state index is 14.3. The molecule has 0 saturated carbocycles. The lowest BCUT2D eigenvalue weighted by Crippen LogP contribution is -2.14. The normalized spacial score (nSPS) is 11.3. The molecule has 0 spiro atoms. The molecule has 0 bridgehead atoms. The fourth-order valence-electron chi connectivity index (χ4n) is 2.98. The molecule has 0 unspecified atom stereocenters. The number of aromatic amines is 1. The Kier molecular flexibility index (Phi) is 5.79. The van der Waals surface area contributed by atoms with E-state index in [0.29, 0.717) is 23.4 Å². The van der Waals surface area contributed by atoms with E-state index < -0.39 is 15.8 Å². The van der Waals surface area contributed by atoms with Crippen molar-refractivity contribution in [3.05, 3.63) is 77.8 Å². The molecule has 12 heteroatoms. The zero-order chi connectivity index (χ0) is 22.7. The van der Waals surface area contributed by atoms with Crippen molar-refractivity contribution in [3.8, 4) is 0 Å². The van der Waals surface area contributed by atoms with Crippen molar-refractivity contribution in [1.29, 1.82) is 0 Å². The molecule has 32 heavy (non-hydrogen) atoms. The molecular weight excluding hydrogens is 435 g/mol. The maximum Gasteiger partial charge on any atom is 0.238 e. The first-order chi connectivity index (χ1) is 15.3. The number of anilines is 4. The van der Waals surface area contributed by atoms with Crippen LogP contribution < -0.4 is 15.8 Å². The fourth-order valence-corrected chi connectivity index (χ4v) is 3.79. The molecule has 4 aromatic rings. The Hall–Kier alpha value is -3.90. The van der Waals surface area contributed by atoms with Crippen LogP contribution >= 0.6 is 0 Å². The van der Waals surface area contributed by atoms with E-state index in [1.165, 1.54) is 12.4 Å². The third-order valence-corrected chi connectivity index (χ3v) is 5.60. The number of H-pyrrole nitrogens is 1. The topological polar surface area (TPSA) is 152 Å². The second-order valence-electron chi connectivity index (χ2n) is 6.97. The lowest BCUT2D eigenvalue weighted by molar-refractivity contribution is 0.597. The average molecular weight is 454 g/mol. The van der Waals surface area contributed by atoms with Crippen LogP contribution in [0.25, 0.3) is 0 Å². The molecule has 0 aliphatic rings. The van der Waals surface area contributed by atoms with Crippen molar-refractivity contribution in [2.45, 2.75) is 18.2 Å². The van der Waals surface area contributed by atoms with E-state index in [1.807, 2.05) is 12.1 Å². The van der Waals surface area contributed by atoms with Gasteiger partial charge in [0, 0.05) is 17.8 Å². The molecule has 4 rings (SSSR count). The van der Waals surface area contributed by atoms with Crippen LogP contribution in [0.5, 0.6) is 0 Å². The highest BCUT2D eigenvalue weighted by molar-refractivity contribution is 7.89. The van der Waals surface area contributed by atoms with Gasteiger partial charge < -0.3 is 10.6 Å². The SMILES string of the molecule is Cc1ccc(Nc2ncc(F)c(Nc3ccc(Cc4ncn[nH]4)cc3)n2)cc1S(N)(=O)=O. The third kappa shape index (κ3) is 5.04. The smallest absolute Gasteiger partial charge is 0.238 e. The number of nitrogens with zero attached hydrogens (tertiary/aromatic N) is 4. The van der Waals surface area contributed by atoms with Gasteiger partial charge in [0.05, 0.1) is 11.1 Å². The van der Waals surface area contributed by atoms with Crippen LogP contribution in [0, 0.1) is 12.7 Å². The van der Waals surface area contributed by atoms with Crippen molar-refractivity contribution in [2.24, 2.45) is 5.14 Å². The second-order valence-corrected chi connectivity index (χ2v) is 8.50. The molecule has 0 saturated heterocycles. The van der Waals surface area contributed by atoms with Gasteiger partial charge in [0.1, 0.15) is 12.2 Å². The first-order valence-electron chi connectivity index (χ1n) is 9.41. The third-order valence-electron chi connectivity index (χ3n) is 4.55. The highest BCUT2D eigenvalue weighted by atomic mass is 32.2. The Balaban J connectivity index is 1.51. The predicted molar refractivity (Wildman–Crippen MR) is 117 cm³/mol. The largest absolute Gasteiger partial charge is 0.338 e. The van der Waals surface area contributed by atoms with Gasteiger partial charge in [0.2, 0.25) is 16.0 Å². The number of hydrogen-bond donors (Lipinski definition) is 4. The molecule has 0 aliphatic carbocycles. The minimum Gasteiger partial charge on any atom is -0.338 e. The quantitative estimate of drug-likeness (QED) is 0.333. The zero-order valence-corrected chi connectivity index (χ0v) is 17.7. The second kappa shape index (κ2) is 8.69. The van der Waals surface area contributed by atoms with Crippen molar-refractivity contribution in [2.75, 3.05) is 10.6 Å². The van der Waals surface area contributed by atoms with E-state index in [1.54, 1.807) is 31.2 Å². The average Bonchev–Trinajstić information content (AvgIpc) is 3.25. The molecule has 2 heterocycles. The van der Waals surface area contributed by atoms with Gasteiger partial charge in [-0.15, -0.1) is 0 Å². The summed E-state index contributed by atoms with van der Waals surface area (Å²) < 4.78 is 37.7. The summed E-state index contributed by atoms with van der Waals surface area (Å²) in [4.78, 5) is 12.1. The van der Waals surface area contributed by atoms with E-state index in [-0.39, 0.29) is 16.7 Å². The van der Waals surface area contributed by atoms with Gasteiger partial charge in [-0.25, -0.2) is 27.9 Å². The summed E-state index contributed by atoms with van der Waals surface area (Å²) >= 11 is 0. The molecule has 0 fully saturated rings. The highest BCUT2D eigenvalue weighted by Crippen LogP contribution is 2.23. The van der Waals surface area contributed by atoms with Crippen molar-refractivity contribution in [1.82, 2.24) is 25.1 Å². The van der Waals surface area contributed by atoms with Crippen LogP contribution in [-0.2, 0) is 16.4 Å². The lowest BCUT2D eigenvalue weighted by atomic mass is 10.1. The predicted octanol–water partition coefficient (Wildman–Crippen LogP) is 2.77. The Bertz CT molecular complexity index is 1340. The number of rotatable bonds is 7. The van der Waals surface area contributed by atoms with Gasteiger partial charge in [-0.05, 0) is 42.3 Å². The number of sulfonamides is 1. The Morgan fingerprint density at radius 2 is 1.81 bits per heavy atom. The van der Waals surface area contributed by atoms with Crippen LogP contribution in [0.2, 0.25) is 0 Å². The first-order valence-corrected chi connectivity index (χ1v) is 11.0. The van der Waals surface area contributed by atoms with Gasteiger partial charge in [0.25, 0.3) is 0 Å². The van der Waals surface area contributed by atoms with Gasteiger partial charge in [-0.2, -0.15) is 10.1 Å². The molecule has 5 N–H and O–H groups in total. The van der Waals surface area contributed by atoms with Crippen molar-refractivity contribution in [3.63, 3.8) is 0 Å². The number of aromatic nitrogens is 5. The van der Waals surface area contributed by atoms with Gasteiger partial charge >= 0.3 is 0 Å². The fraction of sp³-hybridized carbons (Fsp3) is 0.100. The van der Waals surface area contributed by atoms with E-state index in [9.17, 15) is 12.8 Å². The number of hydrogen-bond acceptors (Lipinski definition) is 8. The first kappa shape index (κ1) is 21.3. The summed E-state index contributed by atoms with van der Waals surface area (Å²) in [6.45, 7) is 1.64. The summed E-state index contributed by atoms with van der Waals surface area (Å²) in [5.41, 5.74) is 2.53. The van der Waals surface area contributed by atoms with E-state index in [4.69, 9.17) is 5.14 Å². The zero-order valence-electron chi connectivity index (χ0n) is 16.9. The number of nitrogens with one attached hydrogen (secondary N) is 3. The molecular formula is C20H19FN8O2S. The minimum atomic E-state index is -3.89. The van der Waals surface area contributed by atoms with E-state index in [2.05, 4.69) is 35.8 Å². The molecule has 10 nitrogen and oxygen atoms in total. The molecule has 0 atom stereocenters. The summed E-state index contributed by atoms with van der Waals surface area (Å²) in [5.74, 6) is 0.143. The van der Waals surface area contributed by atoms with Crippen LogP contribution in [0.1, 0.15) is 17.0 Å². The van der Waals surface area contributed by atoms with Gasteiger partial charge in [-0.1, -0.05) is 18.2 Å². The number of nitrogens with two attached hydrogens (primary N) is 1. The van der Waals surface area contributed by atoms with Crippen LogP contribution in [0.4, 0.5) is 27.5 Å². The number of primary sulfonamides is 1. The summed E-state index contributed by atoms with van der Waals surface area (Å²) in [6, 6.07) is 12.0. The molecule has 164 valence electrons. The molecule has 0 aliphatic heterocycles. The Morgan fingerprint density at radius 1 is 1.06 bits per heavy atom. The number of aryl methyl sites for hydroxylation is 1. The summed E-state index contributed by atoms with van der Waals surface area (Å²) in [7, 11) is -3.89. The van der Waals surface area contributed by atoms with E-state index >= 15 is 0 Å². The minimum absolute atomic E-state index is 0.0200. The lowest BCUT2D eigenvalue weighted by Gasteiger charge is -2.11. The van der Waals surface area contributed by atoms with Gasteiger partial charge in [-0.3, -0.25) is 5.10 Å². The standard InChI is InChI=1S/C20H19FN8O2S/c1-12-2-5-15(9-17(12)32(22,30)31)27-20-23-10-16(21)19(28-20)26-14-6-3-13(4-7-14)8-18-24-11-25-29-18/h2-7,9-11H,8H2,1H3,(H2,22,30,31)(H,24,25,29)(H2,23,26,27,28). The number of halogens is 1. The molecule has 2 aromatic carbocycles.